The molecule has 0 aliphatic carbocycles. The van der Waals surface area contributed by atoms with Gasteiger partial charge in [0.15, 0.2) is 0 Å². The lowest BCUT2D eigenvalue weighted by Crippen LogP contribution is -2.46. The molecular formula is C11H20N2O3. The van der Waals surface area contributed by atoms with Crippen LogP contribution < -0.4 is 5.32 Å². The second-order valence-corrected chi connectivity index (χ2v) is 4.16. The van der Waals surface area contributed by atoms with Crippen LogP contribution in [0.15, 0.2) is 0 Å². The minimum atomic E-state index is -0.388. The van der Waals surface area contributed by atoms with Gasteiger partial charge in [-0.25, -0.2) is 4.79 Å². The normalized spacial score (nSPS) is 20.4. The number of amides is 2. The van der Waals surface area contributed by atoms with Crippen LogP contribution in [0, 0.1) is 5.92 Å². The lowest BCUT2D eigenvalue weighted by molar-refractivity contribution is -0.141. The number of nitrogens with zero attached hydrogens (tertiary/aromatic N) is 1. The molecule has 5 nitrogen and oxygen atoms in total. The molecule has 1 aliphatic heterocycles. The molecule has 0 unspecified atom stereocenters. The molecule has 1 atom stereocenters. The summed E-state index contributed by atoms with van der Waals surface area (Å²) in [5, 5.41) is 2.57. The van der Waals surface area contributed by atoms with Gasteiger partial charge in [0, 0.05) is 13.1 Å². The van der Waals surface area contributed by atoms with E-state index < -0.39 is 0 Å². The molecule has 0 bridgehead atoms. The van der Waals surface area contributed by atoms with Crippen molar-refractivity contribution in [2.45, 2.75) is 26.7 Å². The number of urea groups is 1. The molecule has 5 heteroatoms. The van der Waals surface area contributed by atoms with Crippen molar-refractivity contribution < 1.29 is 14.3 Å². The van der Waals surface area contributed by atoms with Crippen LogP contribution in [0.1, 0.15) is 26.7 Å². The minimum Gasteiger partial charge on any atom is -0.465 e. The van der Waals surface area contributed by atoms with Crippen LogP contribution >= 0.6 is 0 Å². The molecule has 92 valence electrons. The minimum absolute atomic E-state index is 0.0441. The molecule has 2 amide bonds. The zero-order valence-electron chi connectivity index (χ0n) is 9.99. The summed E-state index contributed by atoms with van der Waals surface area (Å²) in [7, 11) is 0. The highest BCUT2D eigenvalue weighted by molar-refractivity contribution is 5.80. The Labute approximate surface area is 96.1 Å². The van der Waals surface area contributed by atoms with E-state index in [4.69, 9.17) is 4.74 Å². The summed E-state index contributed by atoms with van der Waals surface area (Å²) >= 11 is 0. The summed E-state index contributed by atoms with van der Waals surface area (Å²) in [6, 6.07) is -0.167. The molecule has 16 heavy (non-hydrogen) atoms. The summed E-state index contributed by atoms with van der Waals surface area (Å²) in [6.45, 7) is 5.72. The Morgan fingerprint density at radius 1 is 1.50 bits per heavy atom. The van der Waals surface area contributed by atoms with Crippen molar-refractivity contribution in [3.8, 4) is 0 Å². The van der Waals surface area contributed by atoms with E-state index in [9.17, 15) is 9.59 Å². The topological polar surface area (TPSA) is 58.6 Å². The quantitative estimate of drug-likeness (QED) is 0.733. The number of hydrogen-bond acceptors (Lipinski definition) is 3. The molecule has 0 radical (unpaired) electrons. The predicted molar refractivity (Wildman–Crippen MR) is 60.0 cm³/mol. The summed E-state index contributed by atoms with van der Waals surface area (Å²) < 4.78 is 4.73. The summed E-state index contributed by atoms with van der Waals surface area (Å²) in [4.78, 5) is 24.5. The Morgan fingerprint density at radius 2 is 2.25 bits per heavy atom. The fourth-order valence-electron chi connectivity index (χ4n) is 1.85. The van der Waals surface area contributed by atoms with Crippen molar-refractivity contribution in [3.63, 3.8) is 0 Å². The lowest BCUT2D eigenvalue weighted by Gasteiger charge is -2.30. The SMILES string of the molecule is CCOC(=O)CNC(=O)N1CCC[C@H](C)C1. The van der Waals surface area contributed by atoms with Crippen LogP contribution in [0.5, 0.6) is 0 Å². The van der Waals surface area contributed by atoms with Crippen LogP contribution in [0.2, 0.25) is 0 Å². The van der Waals surface area contributed by atoms with Gasteiger partial charge in [-0.05, 0) is 25.7 Å². The zero-order chi connectivity index (χ0) is 12.0. The van der Waals surface area contributed by atoms with Crippen LogP contribution in [-0.2, 0) is 9.53 Å². The number of ether oxygens (including phenoxy) is 1. The molecule has 1 fully saturated rings. The van der Waals surface area contributed by atoms with Gasteiger partial charge in [0.2, 0.25) is 0 Å². The Balaban J connectivity index is 2.26. The van der Waals surface area contributed by atoms with Gasteiger partial charge in [0.05, 0.1) is 6.61 Å². The maximum Gasteiger partial charge on any atom is 0.325 e. The maximum absolute atomic E-state index is 11.7. The van der Waals surface area contributed by atoms with Crippen molar-refractivity contribution in [3.05, 3.63) is 0 Å². The van der Waals surface area contributed by atoms with Gasteiger partial charge in [0.1, 0.15) is 6.54 Å². The van der Waals surface area contributed by atoms with E-state index in [-0.39, 0.29) is 18.5 Å². The fourth-order valence-corrected chi connectivity index (χ4v) is 1.85. The first-order chi connectivity index (χ1) is 7.63. The number of piperidine rings is 1. The standard InChI is InChI=1S/C11H20N2O3/c1-3-16-10(14)7-12-11(15)13-6-4-5-9(2)8-13/h9H,3-8H2,1-2H3,(H,12,15)/t9-/m0/s1. The van der Waals surface area contributed by atoms with Gasteiger partial charge < -0.3 is 15.0 Å². The fraction of sp³-hybridized carbons (Fsp3) is 0.818. The molecule has 0 saturated carbocycles. The van der Waals surface area contributed by atoms with Gasteiger partial charge in [-0.15, -0.1) is 0 Å². The molecule has 1 N–H and O–H groups in total. The number of esters is 1. The molecule has 1 heterocycles. The molecule has 0 aromatic rings. The molecule has 0 aromatic heterocycles. The van der Waals surface area contributed by atoms with Crippen molar-refractivity contribution in [1.82, 2.24) is 10.2 Å². The monoisotopic (exact) mass is 228 g/mol. The van der Waals surface area contributed by atoms with Crippen molar-refractivity contribution in [2.75, 3.05) is 26.2 Å². The van der Waals surface area contributed by atoms with E-state index in [0.717, 1.165) is 19.5 Å². The van der Waals surface area contributed by atoms with Crippen LogP contribution in [0.25, 0.3) is 0 Å². The third-order valence-corrected chi connectivity index (χ3v) is 2.63. The lowest BCUT2D eigenvalue weighted by atomic mass is 10.0. The van der Waals surface area contributed by atoms with Crippen molar-refractivity contribution in [1.29, 1.82) is 0 Å². The van der Waals surface area contributed by atoms with Crippen molar-refractivity contribution in [2.24, 2.45) is 5.92 Å². The third-order valence-electron chi connectivity index (χ3n) is 2.63. The number of hydrogen-bond donors (Lipinski definition) is 1. The smallest absolute Gasteiger partial charge is 0.325 e. The van der Waals surface area contributed by atoms with Gasteiger partial charge in [-0.3, -0.25) is 4.79 Å². The zero-order valence-corrected chi connectivity index (χ0v) is 9.99. The molecule has 1 aliphatic rings. The van der Waals surface area contributed by atoms with E-state index in [2.05, 4.69) is 12.2 Å². The second kappa shape index (κ2) is 6.35. The highest BCUT2D eigenvalue weighted by atomic mass is 16.5. The Hall–Kier alpha value is -1.26. The highest BCUT2D eigenvalue weighted by Gasteiger charge is 2.20. The Morgan fingerprint density at radius 3 is 2.88 bits per heavy atom. The van der Waals surface area contributed by atoms with Gasteiger partial charge in [0.25, 0.3) is 0 Å². The summed E-state index contributed by atoms with van der Waals surface area (Å²) in [5.41, 5.74) is 0. The largest absolute Gasteiger partial charge is 0.465 e. The molecular weight excluding hydrogens is 208 g/mol. The third kappa shape index (κ3) is 4.08. The maximum atomic E-state index is 11.7. The second-order valence-electron chi connectivity index (χ2n) is 4.16. The average molecular weight is 228 g/mol. The summed E-state index contributed by atoms with van der Waals surface area (Å²) in [6.07, 6.45) is 2.20. The number of likely N-dealkylation sites (tertiary alicyclic amines) is 1. The number of carbonyl (C=O) groups is 2. The van der Waals surface area contributed by atoms with Crippen LogP contribution in [0.3, 0.4) is 0 Å². The number of nitrogens with one attached hydrogen (secondary N) is 1. The molecule has 1 rings (SSSR count). The Bertz CT molecular complexity index is 256. The van der Waals surface area contributed by atoms with E-state index in [1.165, 1.54) is 6.42 Å². The van der Waals surface area contributed by atoms with Gasteiger partial charge >= 0.3 is 12.0 Å². The number of carbonyl (C=O) groups excluding carboxylic acids is 2. The van der Waals surface area contributed by atoms with Crippen LogP contribution in [-0.4, -0.2) is 43.1 Å². The first kappa shape index (κ1) is 12.8. The van der Waals surface area contributed by atoms with Crippen LogP contribution in [0.4, 0.5) is 4.79 Å². The van der Waals surface area contributed by atoms with E-state index in [0.29, 0.717) is 12.5 Å². The Kier molecular flexibility index (Phi) is 5.08. The highest BCUT2D eigenvalue weighted by Crippen LogP contribution is 2.14. The first-order valence-electron chi connectivity index (χ1n) is 5.82. The first-order valence-corrected chi connectivity index (χ1v) is 5.82. The predicted octanol–water partition coefficient (Wildman–Crippen LogP) is 0.991. The molecule has 1 saturated heterocycles. The van der Waals surface area contributed by atoms with Gasteiger partial charge in [-0.1, -0.05) is 6.92 Å². The number of rotatable bonds is 3. The molecule has 0 spiro atoms. The van der Waals surface area contributed by atoms with E-state index >= 15 is 0 Å². The van der Waals surface area contributed by atoms with E-state index in [1.807, 2.05) is 0 Å². The molecule has 0 aromatic carbocycles. The van der Waals surface area contributed by atoms with Crippen molar-refractivity contribution >= 4 is 12.0 Å². The van der Waals surface area contributed by atoms with E-state index in [1.54, 1.807) is 11.8 Å². The van der Waals surface area contributed by atoms with Gasteiger partial charge in [-0.2, -0.15) is 0 Å². The summed E-state index contributed by atoms with van der Waals surface area (Å²) in [5.74, 6) is 0.156. The average Bonchev–Trinajstić information content (AvgIpc) is 2.26.